The zero-order chi connectivity index (χ0) is 14.1. The molecule has 0 radical (unpaired) electrons. The summed E-state index contributed by atoms with van der Waals surface area (Å²) in [5.74, 6) is 0. The Labute approximate surface area is 131 Å². The van der Waals surface area contributed by atoms with Crippen LogP contribution in [-0.2, 0) is 0 Å². The van der Waals surface area contributed by atoms with E-state index in [9.17, 15) is 0 Å². The highest BCUT2D eigenvalue weighted by Gasteiger charge is 2.16. The maximum atomic E-state index is 4.56. The Kier molecular flexibility index (Phi) is 3.87. The molecular formula is C16H15BrN2S. The third-order valence-electron chi connectivity index (χ3n) is 3.38. The van der Waals surface area contributed by atoms with Crippen LogP contribution in [0.5, 0.6) is 0 Å². The highest BCUT2D eigenvalue weighted by Crippen LogP contribution is 2.33. The predicted molar refractivity (Wildman–Crippen MR) is 89.4 cm³/mol. The first-order valence-corrected chi connectivity index (χ1v) is 8.14. The SMILES string of the molecule is CNC(c1ccc2nc(C)ccc2c1)c1sccc1Br. The molecule has 0 amide bonds. The van der Waals surface area contributed by atoms with Crippen molar-refractivity contribution in [1.29, 1.82) is 0 Å². The van der Waals surface area contributed by atoms with Crippen molar-refractivity contribution in [2.75, 3.05) is 7.05 Å². The number of pyridine rings is 1. The van der Waals surface area contributed by atoms with Gasteiger partial charge in [-0.3, -0.25) is 4.98 Å². The van der Waals surface area contributed by atoms with E-state index < -0.39 is 0 Å². The van der Waals surface area contributed by atoms with Crippen molar-refractivity contribution in [3.05, 3.63) is 62.4 Å². The smallest absolute Gasteiger partial charge is 0.0705 e. The van der Waals surface area contributed by atoms with Crippen molar-refractivity contribution in [3.63, 3.8) is 0 Å². The molecule has 2 aromatic heterocycles. The standard InChI is InChI=1S/C16H15BrN2S/c1-10-3-4-11-9-12(5-6-14(11)19-10)15(18-2)16-13(17)7-8-20-16/h3-9,15,18H,1-2H3. The van der Waals surface area contributed by atoms with E-state index in [4.69, 9.17) is 0 Å². The molecule has 0 aliphatic heterocycles. The normalized spacial score (nSPS) is 12.8. The third-order valence-corrected chi connectivity index (χ3v) is 5.32. The van der Waals surface area contributed by atoms with Gasteiger partial charge in [-0.15, -0.1) is 11.3 Å². The highest BCUT2D eigenvalue weighted by molar-refractivity contribution is 9.10. The number of nitrogens with zero attached hydrogens (tertiary/aromatic N) is 1. The predicted octanol–water partition coefficient (Wildman–Crippen LogP) is 4.68. The van der Waals surface area contributed by atoms with Gasteiger partial charge in [-0.1, -0.05) is 12.1 Å². The summed E-state index contributed by atoms with van der Waals surface area (Å²) in [5, 5.41) is 6.69. The lowest BCUT2D eigenvalue weighted by atomic mass is 10.0. The molecule has 3 rings (SSSR count). The third kappa shape index (κ3) is 2.51. The van der Waals surface area contributed by atoms with Crippen LogP contribution in [0.25, 0.3) is 10.9 Å². The molecule has 2 nitrogen and oxygen atoms in total. The second-order valence-corrected chi connectivity index (χ2v) is 6.56. The van der Waals surface area contributed by atoms with Crippen LogP contribution in [0.1, 0.15) is 22.2 Å². The van der Waals surface area contributed by atoms with Gasteiger partial charge in [-0.25, -0.2) is 0 Å². The van der Waals surface area contributed by atoms with Gasteiger partial charge in [0, 0.05) is 20.4 Å². The molecule has 0 spiro atoms. The van der Waals surface area contributed by atoms with Gasteiger partial charge in [0.2, 0.25) is 0 Å². The van der Waals surface area contributed by atoms with Crippen LogP contribution >= 0.6 is 27.3 Å². The van der Waals surface area contributed by atoms with Gasteiger partial charge in [-0.2, -0.15) is 0 Å². The van der Waals surface area contributed by atoms with Crippen LogP contribution in [0.15, 0.2) is 46.3 Å². The average Bonchev–Trinajstić information content (AvgIpc) is 2.86. The van der Waals surface area contributed by atoms with E-state index in [1.54, 1.807) is 11.3 Å². The fourth-order valence-corrected chi connectivity index (χ4v) is 4.12. The monoisotopic (exact) mass is 346 g/mol. The van der Waals surface area contributed by atoms with E-state index >= 15 is 0 Å². The van der Waals surface area contributed by atoms with Crippen molar-refractivity contribution in [1.82, 2.24) is 10.3 Å². The van der Waals surface area contributed by atoms with Crippen molar-refractivity contribution in [2.24, 2.45) is 0 Å². The van der Waals surface area contributed by atoms with Gasteiger partial charge in [0.1, 0.15) is 0 Å². The number of aryl methyl sites for hydroxylation is 1. The molecule has 0 saturated heterocycles. The van der Waals surface area contributed by atoms with Crippen molar-refractivity contribution in [3.8, 4) is 0 Å². The molecule has 20 heavy (non-hydrogen) atoms. The summed E-state index contributed by atoms with van der Waals surface area (Å²) >= 11 is 5.38. The average molecular weight is 347 g/mol. The van der Waals surface area contributed by atoms with Crippen molar-refractivity contribution < 1.29 is 0 Å². The largest absolute Gasteiger partial charge is 0.309 e. The summed E-state index contributed by atoms with van der Waals surface area (Å²) in [6.45, 7) is 2.02. The van der Waals surface area contributed by atoms with E-state index in [1.165, 1.54) is 15.8 Å². The molecule has 3 aromatic rings. The lowest BCUT2D eigenvalue weighted by Gasteiger charge is -2.16. The van der Waals surface area contributed by atoms with E-state index in [2.05, 4.69) is 68.0 Å². The summed E-state index contributed by atoms with van der Waals surface area (Å²) in [4.78, 5) is 5.85. The minimum Gasteiger partial charge on any atom is -0.309 e. The van der Waals surface area contributed by atoms with Gasteiger partial charge in [0.05, 0.1) is 11.6 Å². The summed E-state index contributed by atoms with van der Waals surface area (Å²) in [6, 6.07) is 13.0. The first kappa shape index (κ1) is 13.7. The number of hydrogen-bond donors (Lipinski definition) is 1. The first-order valence-electron chi connectivity index (χ1n) is 6.46. The summed E-state index contributed by atoms with van der Waals surface area (Å²) in [6.07, 6.45) is 0. The lowest BCUT2D eigenvalue weighted by molar-refractivity contribution is 0.702. The van der Waals surface area contributed by atoms with E-state index in [1.807, 2.05) is 14.0 Å². The molecule has 0 aliphatic carbocycles. The van der Waals surface area contributed by atoms with Gasteiger partial charge in [-0.05, 0) is 65.1 Å². The minimum atomic E-state index is 0.204. The minimum absolute atomic E-state index is 0.204. The molecule has 0 bridgehead atoms. The maximum Gasteiger partial charge on any atom is 0.0705 e. The van der Waals surface area contributed by atoms with Gasteiger partial charge >= 0.3 is 0 Å². The number of halogens is 1. The quantitative estimate of drug-likeness (QED) is 0.744. The second-order valence-electron chi connectivity index (χ2n) is 4.76. The Balaban J connectivity index is 2.08. The molecular weight excluding hydrogens is 332 g/mol. The number of fused-ring (bicyclic) bond motifs is 1. The number of rotatable bonds is 3. The van der Waals surface area contributed by atoms with E-state index in [0.717, 1.165) is 15.7 Å². The molecule has 1 N–H and O–H groups in total. The molecule has 1 atom stereocenters. The molecule has 0 fully saturated rings. The van der Waals surface area contributed by atoms with Gasteiger partial charge in [0.15, 0.2) is 0 Å². The van der Waals surface area contributed by atoms with Crippen LogP contribution in [0, 0.1) is 6.92 Å². The zero-order valence-corrected chi connectivity index (χ0v) is 13.8. The van der Waals surface area contributed by atoms with Crippen LogP contribution in [0.4, 0.5) is 0 Å². The summed E-state index contributed by atoms with van der Waals surface area (Å²) in [5.41, 5.74) is 3.36. The van der Waals surface area contributed by atoms with Crippen LogP contribution in [0.2, 0.25) is 0 Å². The topological polar surface area (TPSA) is 24.9 Å². The Morgan fingerprint density at radius 1 is 1.20 bits per heavy atom. The number of hydrogen-bond acceptors (Lipinski definition) is 3. The van der Waals surface area contributed by atoms with Crippen LogP contribution < -0.4 is 5.32 Å². The molecule has 102 valence electrons. The Bertz CT molecular complexity index is 751. The Hall–Kier alpha value is -1.23. The summed E-state index contributed by atoms with van der Waals surface area (Å²) in [7, 11) is 1.99. The molecule has 0 saturated carbocycles. The maximum absolute atomic E-state index is 4.56. The summed E-state index contributed by atoms with van der Waals surface area (Å²) < 4.78 is 1.16. The zero-order valence-electron chi connectivity index (χ0n) is 11.4. The number of aromatic nitrogens is 1. The highest BCUT2D eigenvalue weighted by atomic mass is 79.9. The fourth-order valence-electron chi connectivity index (χ4n) is 2.39. The Morgan fingerprint density at radius 2 is 2.05 bits per heavy atom. The van der Waals surface area contributed by atoms with Crippen molar-refractivity contribution >= 4 is 38.2 Å². The van der Waals surface area contributed by atoms with Crippen LogP contribution in [0.3, 0.4) is 0 Å². The number of thiophene rings is 1. The molecule has 0 aliphatic rings. The lowest BCUT2D eigenvalue weighted by Crippen LogP contribution is -2.16. The molecule has 2 heterocycles. The molecule has 1 aromatic carbocycles. The first-order chi connectivity index (χ1) is 9.69. The van der Waals surface area contributed by atoms with Gasteiger partial charge < -0.3 is 5.32 Å². The van der Waals surface area contributed by atoms with E-state index in [-0.39, 0.29) is 6.04 Å². The van der Waals surface area contributed by atoms with Crippen LogP contribution in [-0.4, -0.2) is 12.0 Å². The fraction of sp³-hybridized carbons (Fsp3) is 0.188. The molecule has 4 heteroatoms. The number of benzene rings is 1. The second kappa shape index (κ2) is 5.64. The number of nitrogens with one attached hydrogen (secondary N) is 1. The van der Waals surface area contributed by atoms with E-state index in [0.29, 0.717) is 0 Å². The Morgan fingerprint density at radius 3 is 2.75 bits per heavy atom. The molecule has 1 unspecified atom stereocenters. The van der Waals surface area contributed by atoms with Crippen molar-refractivity contribution in [2.45, 2.75) is 13.0 Å². The van der Waals surface area contributed by atoms with Gasteiger partial charge in [0.25, 0.3) is 0 Å².